The summed E-state index contributed by atoms with van der Waals surface area (Å²) in [5.41, 5.74) is 1.37. The molecule has 1 aliphatic heterocycles. The van der Waals surface area contributed by atoms with Crippen molar-refractivity contribution in [3.63, 3.8) is 0 Å². The number of halogens is 6. The third kappa shape index (κ3) is 5.97. The second-order valence-electron chi connectivity index (χ2n) is 10.3. The van der Waals surface area contributed by atoms with Crippen molar-refractivity contribution in [3.05, 3.63) is 47.6 Å². The predicted octanol–water partition coefficient (Wildman–Crippen LogP) is 5.58. The number of amides is 3. The molecule has 2 N–H and O–H groups in total. The quantitative estimate of drug-likeness (QED) is 0.259. The molecule has 0 radical (unpaired) electrons. The molecule has 1 aliphatic carbocycles. The Bertz CT molecular complexity index is 1420. The van der Waals surface area contributed by atoms with Crippen LogP contribution in [-0.4, -0.2) is 62.2 Å². The zero-order valence-electron chi connectivity index (χ0n) is 21.9. The maximum Gasteiger partial charge on any atom is 0.410 e. The second kappa shape index (κ2) is 11.1. The molecule has 3 heterocycles. The molecule has 1 aromatic carbocycles. The van der Waals surface area contributed by atoms with Crippen LogP contribution in [0.15, 0.2) is 34.9 Å². The number of alkyl halides is 6. The standard InChI is InChI=1S/C26H28ClF5N6O3/c1-2-38-17(7-10-33-38)22(39)36-21(14-5-8-25(28,29)9-6-14)23-34-16-11-15(3-4-19(16)41-23)18(12-27)37-13-20(26(30,31)32)35-24(37)40/h3-4,7,10-11,14,18,20-21H,2,5-6,8-9,12-13H2,1H3,(H,35,40)(H,36,39). The summed E-state index contributed by atoms with van der Waals surface area (Å²) in [5, 5.41) is 8.94. The largest absolute Gasteiger partial charge is 0.438 e. The van der Waals surface area contributed by atoms with Crippen LogP contribution in [0.25, 0.3) is 11.1 Å². The van der Waals surface area contributed by atoms with Crippen molar-refractivity contribution in [2.45, 2.75) is 69.4 Å². The Hall–Kier alpha value is -3.42. The maximum atomic E-state index is 14.0. The van der Waals surface area contributed by atoms with Crippen LogP contribution >= 0.6 is 11.6 Å². The Balaban J connectivity index is 1.44. The second-order valence-corrected chi connectivity index (χ2v) is 10.6. The lowest BCUT2D eigenvalue weighted by Crippen LogP contribution is -2.40. The Labute approximate surface area is 236 Å². The van der Waals surface area contributed by atoms with E-state index in [0.29, 0.717) is 28.9 Å². The lowest BCUT2D eigenvalue weighted by molar-refractivity contribution is -0.150. The fourth-order valence-corrected chi connectivity index (χ4v) is 5.78. The van der Waals surface area contributed by atoms with E-state index in [4.69, 9.17) is 16.0 Å². The van der Waals surface area contributed by atoms with Gasteiger partial charge in [0.05, 0.1) is 12.6 Å². The van der Waals surface area contributed by atoms with Crippen molar-refractivity contribution < 1.29 is 36.0 Å². The average Bonchev–Trinajstić information content (AvgIpc) is 3.66. The lowest BCUT2D eigenvalue weighted by atomic mass is 9.82. The van der Waals surface area contributed by atoms with E-state index in [-0.39, 0.29) is 43.4 Å². The lowest BCUT2D eigenvalue weighted by Gasteiger charge is -2.32. The zero-order valence-corrected chi connectivity index (χ0v) is 22.7. The average molecular weight is 603 g/mol. The Kier molecular flexibility index (Phi) is 7.88. The summed E-state index contributed by atoms with van der Waals surface area (Å²) in [6.07, 6.45) is -3.53. The van der Waals surface area contributed by atoms with Gasteiger partial charge in [0.1, 0.15) is 23.3 Å². The molecule has 1 saturated heterocycles. The highest BCUT2D eigenvalue weighted by Crippen LogP contribution is 2.42. The molecule has 2 aromatic heterocycles. The molecule has 222 valence electrons. The molecule has 3 unspecified atom stereocenters. The van der Waals surface area contributed by atoms with Gasteiger partial charge in [0, 0.05) is 31.5 Å². The smallest absolute Gasteiger partial charge is 0.410 e. The molecule has 5 rings (SSSR count). The molecule has 0 bridgehead atoms. The SMILES string of the molecule is CCn1nccc1C(=O)NC(c1nc2cc(C(CCl)N3CC(C(F)(F)F)NC3=O)ccc2o1)C1CCC(F)(F)CC1. The van der Waals surface area contributed by atoms with E-state index in [1.807, 2.05) is 12.2 Å². The van der Waals surface area contributed by atoms with E-state index in [1.165, 1.54) is 10.9 Å². The minimum Gasteiger partial charge on any atom is -0.438 e. The van der Waals surface area contributed by atoms with Gasteiger partial charge in [-0.25, -0.2) is 18.6 Å². The van der Waals surface area contributed by atoms with Crippen LogP contribution in [0.2, 0.25) is 0 Å². The number of benzene rings is 1. The van der Waals surface area contributed by atoms with Crippen LogP contribution in [0.5, 0.6) is 0 Å². The topological polar surface area (TPSA) is 105 Å². The van der Waals surface area contributed by atoms with Crippen molar-refractivity contribution in [2.24, 2.45) is 5.92 Å². The van der Waals surface area contributed by atoms with Crippen molar-refractivity contribution in [1.29, 1.82) is 0 Å². The van der Waals surface area contributed by atoms with Crippen LogP contribution in [0.1, 0.15) is 66.6 Å². The number of urea groups is 1. The summed E-state index contributed by atoms with van der Waals surface area (Å²) in [6.45, 7) is 1.67. The van der Waals surface area contributed by atoms with E-state index >= 15 is 0 Å². The normalized spacial score (nSPS) is 21.2. The number of aryl methyl sites for hydroxylation is 1. The first-order valence-electron chi connectivity index (χ1n) is 13.2. The fourth-order valence-electron chi connectivity index (χ4n) is 5.44. The monoisotopic (exact) mass is 602 g/mol. The molecular formula is C26H28ClF5N6O3. The van der Waals surface area contributed by atoms with Gasteiger partial charge in [-0.15, -0.1) is 11.6 Å². The summed E-state index contributed by atoms with van der Waals surface area (Å²) in [6, 6.07) is 1.64. The molecule has 41 heavy (non-hydrogen) atoms. The van der Waals surface area contributed by atoms with Gasteiger partial charge in [-0.05, 0) is 49.4 Å². The number of carbonyl (C=O) groups excluding carboxylic acids is 2. The van der Waals surface area contributed by atoms with Gasteiger partial charge in [0.15, 0.2) is 5.58 Å². The van der Waals surface area contributed by atoms with Gasteiger partial charge >= 0.3 is 12.2 Å². The molecule has 3 aromatic rings. The van der Waals surface area contributed by atoms with E-state index in [0.717, 1.165) is 4.90 Å². The minimum absolute atomic E-state index is 0.113. The number of nitrogens with zero attached hydrogens (tertiary/aromatic N) is 4. The van der Waals surface area contributed by atoms with E-state index < -0.39 is 48.7 Å². The van der Waals surface area contributed by atoms with Gasteiger partial charge in [-0.1, -0.05) is 6.07 Å². The fraction of sp³-hybridized carbons (Fsp3) is 0.538. The minimum atomic E-state index is -4.61. The molecule has 1 saturated carbocycles. The molecular weight excluding hydrogens is 575 g/mol. The summed E-state index contributed by atoms with van der Waals surface area (Å²) in [7, 11) is 0. The van der Waals surface area contributed by atoms with Crippen LogP contribution in [-0.2, 0) is 6.54 Å². The van der Waals surface area contributed by atoms with Crippen molar-refractivity contribution in [3.8, 4) is 0 Å². The highest BCUT2D eigenvalue weighted by molar-refractivity contribution is 6.18. The van der Waals surface area contributed by atoms with Crippen LogP contribution in [0.3, 0.4) is 0 Å². The molecule has 3 amide bonds. The van der Waals surface area contributed by atoms with Crippen molar-refractivity contribution >= 4 is 34.6 Å². The number of fused-ring (bicyclic) bond motifs is 1. The number of carbonyl (C=O) groups is 2. The van der Waals surface area contributed by atoms with Crippen molar-refractivity contribution in [1.82, 2.24) is 30.3 Å². The molecule has 0 spiro atoms. The zero-order chi connectivity index (χ0) is 29.5. The molecule has 2 fully saturated rings. The predicted molar refractivity (Wildman–Crippen MR) is 138 cm³/mol. The first-order chi connectivity index (χ1) is 19.4. The number of nitrogens with one attached hydrogen (secondary N) is 2. The molecule has 3 atom stereocenters. The van der Waals surface area contributed by atoms with Gasteiger partial charge in [0.2, 0.25) is 11.8 Å². The molecule has 2 aliphatic rings. The van der Waals surface area contributed by atoms with Gasteiger partial charge in [-0.2, -0.15) is 18.3 Å². The first-order valence-corrected chi connectivity index (χ1v) is 13.7. The number of rotatable bonds is 8. The summed E-state index contributed by atoms with van der Waals surface area (Å²) in [5.74, 6) is -3.69. The van der Waals surface area contributed by atoms with Gasteiger partial charge in [0.25, 0.3) is 5.91 Å². The molecule has 9 nitrogen and oxygen atoms in total. The summed E-state index contributed by atoms with van der Waals surface area (Å²) < 4.78 is 75.0. The number of aromatic nitrogens is 3. The van der Waals surface area contributed by atoms with E-state index in [1.54, 1.807) is 24.3 Å². The van der Waals surface area contributed by atoms with E-state index in [9.17, 15) is 31.5 Å². The Morgan fingerprint density at radius 1 is 1.27 bits per heavy atom. The highest BCUT2D eigenvalue weighted by Gasteiger charge is 2.48. The summed E-state index contributed by atoms with van der Waals surface area (Å²) in [4.78, 5) is 31.1. The van der Waals surface area contributed by atoms with Crippen molar-refractivity contribution in [2.75, 3.05) is 12.4 Å². The number of hydrogen-bond donors (Lipinski definition) is 2. The summed E-state index contributed by atoms with van der Waals surface area (Å²) >= 11 is 6.11. The van der Waals surface area contributed by atoms with Gasteiger partial charge < -0.3 is 20.0 Å². The molecule has 15 heteroatoms. The highest BCUT2D eigenvalue weighted by atomic mass is 35.5. The van der Waals surface area contributed by atoms with E-state index in [2.05, 4.69) is 15.4 Å². The third-order valence-corrected chi connectivity index (χ3v) is 8.00. The van der Waals surface area contributed by atoms with Crippen LogP contribution in [0.4, 0.5) is 26.7 Å². The van der Waals surface area contributed by atoms with Gasteiger partial charge in [-0.3, -0.25) is 9.48 Å². The van der Waals surface area contributed by atoms with Crippen LogP contribution < -0.4 is 10.6 Å². The first kappa shape index (κ1) is 29.1. The van der Waals surface area contributed by atoms with Crippen LogP contribution in [0, 0.1) is 5.92 Å². The number of oxazole rings is 1. The third-order valence-electron chi connectivity index (χ3n) is 7.70. The number of hydrogen-bond acceptors (Lipinski definition) is 5. The Morgan fingerprint density at radius 2 is 2.00 bits per heavy atom. The Morgan fingerprint density at radius 3 is 2.63 bits per heavy atom. The maximum absolute atomic E-state index is 14.0.